The zero-order valence-corrected chi connectivity index (χ0v) is 14.5. The fourth-order valence-electron chi connectivity index (χ4n) is 2.94. The maximum absolute atomic E-state index is 12.0. The zero-order chi connectivity index (χ0) is 18.1. The minimum Gasteiger partial charge on any atom is -0.497 e. The molecule has 0 radical (unpaired) electrons. The van der Waals surface area contributed by atoms with Crippen molar-refractivity contribution in [1.82, 2.24) is 14.4 Å². The highest BCUT2D eigenvalue weighted by atomic mass is 16.5. The van der Waals surface area contributed by atoms with Gasteiger partial charge in [0.1, 0.15) is 11.4 Å². The monoisotopic (exact) mass is 347 g/mol. The van der Waals surface area contributed by atoms with E-state index in [-0.39, 0.29) is 5.97 Å². The van der Waals surface area contributed by atoms with E-state index < -0.39 is 0 Å². The summed E-state index contributed by atoms with van der Waals surface area (Å²) in [4.78, 5) is 21.3. The van der Waals surface area contributed by atoms with E-state index in [1.54, 1.807) is 32.4 Å². The van der Waals surface area contributed by atoms with Crippen LogP contribution in [-0.4, -0.2) is 34.1 Å². The van der Waals surface area contributed by atoms with E-state index in [4.69, 9.17) is 14.5 Å². The molecule has 0 amide bonds. The summed E-state index contributed by atoms with van der Waals surface area (Å²) in [6.45, 7) is 2.12. The number of methoxy groups -OCH3 is 1. The van der Waals surface area contributed by atoms with Crippen LogP contribution in [0.15, 0.2) is 54.9 Å². The number of imidazole rings is 1. The van der Waals surface area contributed by atoms with Crippen LogP contribution in [0.5, 0.6) is 5.75 Å². The summed E-state index contributed by atoms with van der Waals surface area (Å²) in [6, 6.07) is 13.0. The Kier molecular flexibility index (Phi) is 4.01. The molecule has 4 aromatic rings. The number of esters is 1. The average molecular weight is 347 g/mol. The maximum Gasteiger partial charge on any atom is 0.338 e. The van der Waals surface area contributed by atoms with Crippen molar-refractivity contribution in [3.63, 3.8) is 0 Å². The first-order valence-electron chi connectivity index (χ1n) is 8.29. The Hall–Kier alpha value is -3.41. The Bertz CT molecular complexity index is 1100. The van der Waals surface area contributed by atoms with E-state index in [1.165, 1.54) is 0 Å². The molecule has 2 heterocycles. The standard InChI is InChI=1S/C20H17N3O3/c1-3-26-20(24)14-6-9-17-16(12-14)22-18(19-21-10-11-23(17)19)13-4-7-15(25-2)8-5-13/h4-12H,3H2,1-2H3. The van der Waals surface area contributed by atoms with Gasteiger partial charge >= 0.3 is 5.97 Å². The van der Waals surface area contributed by atoms with Crippen LogP contribution in [0.25, 0.3) is 27.9 Å². The van der Waals surface area contributed by atoms with Gasteiger partial charge in [0.25, 0.3) is 0 Å². The molecule has 0 unspecified atom stereocenters. The molecule has 0 spiro atoms. The van der Waals surface area contributed by atoms with E-state index >= 15 is 0 Å². The maximum atomic E-state index is 12.0. The lowest BCUT2D eigenvalue weighted by molar-refractivity contribution is 0.0526. The zero-order valence-electron chi connectivity index (χ0n) is 14.5. The number of rotatable bonds is 4. The first-order valence-corrected chi connectivity index (χ1v) is 8.29. The number of fused-ring (bicyclic) bond motifs is 3. The predicted molar refractivity (Wildman–Crippen MR) is 98.4 cm³/mol. The lowest BCUT2D eigenvalue weighted by atomic mass is 10.1. The minimum atomic E-state index is -0.354. The van der Waals surface area contributed by atoms with E-state index in [0.717, 1.165) is 28.2 Å². The summed E-state index contributed by atoms with van der Waals surface area (Å²) in [5.41, 5.74) is 4.48. The van der Waals surface area contributed by atoms with Gasteiger partial charge in [-0.2, -0.15) is 0 Å². The highest BCUT2D eigenvalue weighted by molar-refractivity contribution is 5.95. The van der Waals surface area contributed by atoms with Gasteiger partial charge in [-0.15, -0.1) is 0 Å². The van der Waals surface area contributed by atoms with Crippen LogP contribution < -0.4 is 4.74 Å². The second kappa shape index (κ2) is 6.48. The summed E-state index contributed by atoms with van der Waals surface area (Å²) in [7, 11) is 1.63. The quantitative estimate of drug-likeness (QED) is 0.526. The molecule has 0 aliphatic carbocycles. The summed E-state index contributed by atoms with van der Waals surface area (Å²) in [6.07, 6.45) is 3.62. The highest BCUT2D eigenvalue weighted by Crippen LogP contribution is 2.27. The van der Waals surface area contributed by atoms with Gasteiger partial charge in [0.2, 0.25) is 0 Å². The average Bonchev–Trinajstić information content (AvgIpc) is 3.17. The number of carbonyl (C=O) groups excluding carboxylic acids is 1. The molecule has 2 aromatic carbocycles. The van der Waals surface area contributed by atoms with E-state index in [1.807, 2.05) is 40.9 Å². The Balaban J connectivity index is 1.92. The van der Waals surface area contributed by atoms with Crippen molar-refractivity contribution in [2.75, 3.05) is 13.7 Å². The van der Waals surface area contributed by atoms with Gasteiger partial charge < -0.3 is 9.47 Å². The summed E-state index contributed by atoms with van der Waals surface area (Å²) >= 11 is 0. The molecular weight excluding hydrogens is 330 g/mol. The van der Waals surface area contributed by atoms with Gasteiger partial charge in [-0.3, -0.25) is 4.40 Å². The summed E-state index contributed by atoms with van der Waals surface area (Å²) in [5, 5.41) is 0. The molecule has 4 rings (SSSR count). The normalized spacial score (nSPS) is 11.0. The number of nitrogens with zero attached hydrogens (tertiary/aromatic N) is 3. The van der Waals surface area contributed by atoms with Crippen molar-refractivity contribution in [3.05, 3.63) is 60.4 Å². The van der Waals surface area contributed by atoms with Gasteiger partial charge in [0.15, 0.2) is 5.65 Å². The van der Waals surface area contributed by atoms with Crippen molar-refractivity contribution >= 4 is 22.6 Å². The van der Waals surface area contributed by atoms with Gasteiger partial charge in [-0.25, -0.2) is 14.8 Å². The van der Waals surface area contributed by atoms with Crippen molar-refractivity contribution in [2.45, 2.75) is 6.92 Å². The van der Waals surface area contributed by atoms with E-state index in [9.17, 15) is 4.79 Å². The topological polar surface area (TPSA) is 65.7 Å². The molecule has 2 aromatic heterocycles. The Morgan fingerprint density at radius 3 is 2.69 bits per heavy atom. The Morgan fingerprint density at radius 1 is 1.15 bits per heavy atom. The van der Waals surface area contributed by atoms with Crippen LogP contribution in [0.1, 0.15) is 17.3 Å². The van der Waals surface area contributed by atoms with Gasteiger partial charge in [0, 0.05) is 18.0 Å². The van der Waals surface area contributed by atoms with Crippen molar-refractivity contribution in [1.29, 1.82) is 0 Å². The molecule has 0 saturated heterocycles. The predicted octanol–water partition coefficient (Wildman–Crippen LogP) is 3.73. The largest absolute Gasteiger partial charge is 0.497 e. The molecule has 130 valence electrons. The smallest absolute Gasteiger partial charge is 0.338 e. The number of benzene rings is 2. The lowest BCUT2D eigenvalue weighted by Gasteiger charge is -2.09. The first kappa shape index (κ1) is 16.1. The minimum absolute atomic E-state index is 0.335. The molecule has 6 nitrogen and oxygen atoms in total. The second-order valence-corrected chi connectivity index (χ2v) is 5.73. The second-order valence-electron chi connectivity index (χ2n) is 5.73. The molecule has 0 saturated carbocycles. The van der Waals surface area contributed by atoms with Crippen LogP contribution >= 0.6 is 0 Å². The molecular formula is C20H17N3O3. The number of carbonyl (C=O) groups is 1. The molecule has 6 heteroatoms. The highest BCUT2D eigenvalue weighted by Gasteiger charge is 2.14. The first-order chi connectivity index (χ1) is 12.7. The van der Waals surface area contributed by atoms with Crippen LogP contribution in [0.3, 0.4) is 0 Å². The molecule has 0 fully saturated rings. The SMILES string of the molecule is CCOC(=O)c1ccc2c(c1)nc(-c1ccc(OC)cc1)c1nccn12. The number of hydrogen-bond donors (Lipinski definition) is 0. The van der Waals surface area contributed by atoms with Gasteiger partial charge in [-0.1, -0.05) is 0 Å². The van der Waals surface area contributed by atoms with Crippen molar-refractivity contribution < 1.29 is 14.3 Å². The fraction of sp³-hybridized carbons (Fsp3) is 0.150. The van der Waals surface area contributed by atoms with Crippen LogP contribution in [-0.2, 0) is 4.74 Å². The molecule has 0 aliphatic heterocycles. The Morgan fingerprint density at radius 2 is 1.96 bits per heavy atom. The van der Waals surface area contributed by atoms with Gasteiger partial charge in [0.05, 0.1) is 30.3 Å². The molecule has 26 heavy (non-hydrogen) atoms. The number of ether oxygens (including phenoxy) is 2. The van der Waals surface area contributed by atoms with Crippen LogP contribution in [0.2, 0.25) is 0 Å². The number of aromatic nitrogens is 3. The summed E-state index contributed by atoms with van der Waals surface area (Å²) in [5.74, 6) is 0.423. The molecule has 0 atom stereocenters. The lowest BCUT2D eigenvalue weighted by Crippen LogP contribution is -2.05. The van der Waals surface area contributed by atoms with E-state index in [2.05, 4.69) is 4.98 Å². The fourth-order valence-corrected chi connectivity index (χ4v) is 2.94. The molecule has 0 bridgehead atoms. The van der Waals surface area contributed by atoms with Crippen LogP contribution in [0, 0.1) is 0 Å². The van der Waals surface area contributed by atoms with Crippen molar-refractivity contribution in [2.24, 2.45) is 0 Å². The van der Waals surface area contributed by atoms with Crippen molar-refractivity contribution in [3.8, 4) is 17.0 Å². The van der Waals surface area contributed by atoms with E-state index in [0.29, 0.717) is 17.7 Å². The Labute approximate surface area is 150 Å². The molecule has 0 N–H and O–H groups in total. The number of hydrogen-bond acceptors (Lipinski definition) is 5. The third kappa shape index (κ3) is 2.65. The van der Waals surface area contributed by atoms with Crippen LogP contribution in [0.4, 0.5) is 0 Å². The molecule has 0 aliphatic rings. The third-order valence-corrected chi connectivity index (χ3v) is 4.19. The summed E-state index contributed by atoms with van der Waals surface area (Å²) < 4.78 is 12.3. The third-order valence-electron chi connectivity index (χ3n) is 4.19. The van der Waals surface area contributed by atoms with Gasteiger partial charge in [-0.05, 0) is 49.4 Å².